The predicted octanol–water partition coefficient (Wildman–Crippen LogP) is 3.53. The van der Waals surface area contributed by atoms with Gasteiger partial charge in [-0.2, -0.15) is 0 Å². The zero-order valence-corrected chi connectivity index (χ0v) is 19.3. The van der Waals surface area contributed by atoms with Gasteiger partial charge in [-0.25, -0.2) is 0 Å². The van der Waals surface area contributed by atoms with E-state index in [9.17, 15) is 19.2 Å². The molecular formula is C24H24BrN3O4. The molecule has 4 rings (SSSR count). The Morgan fingerprint density at radius 1 is 1.19 bits per heavy atom. The van der Waals surface area contributed by atoms with E-state index in [1.54, 1.807) is 29.2 Å². The van der Waals surface area contributed by atoms with Crippen molar-refractivity contribution in [2.45, 2.75) is 38.0 Å². The maximum absolute atomic E-state index is 12.8. The van der Waals surface area contributed by atoms with Gasteiger partial charge < -0.3 is 10.2 Å². The molecule has 2 unspecified atom stereocenters. The molecule has 2 aliphatic rings. The fourth-order valence-electron chi connectivity index (χ4n) is 4.49. The highest BCUT2D eigenvalue weighted by molar-refractivity contribution is 9.10. The first-order valence-electron chi connectivity index (χ1n) is 10.7. The molecule has 0 spiro atoms. The van der Waals surface area contributed by atoms with Crippen molar-refractivity contribution in [2.24, 2.45) is 5.92 Å². The van der Waals surface area contributed by atoms with Crippen molar-refractivity contribution >= 4 is 50.9 Å². The number of anilines is 2. The molecule has 0 saturated carbocycles. The van der Waals surface area contributed by atoms with Gasteiger partial charge in [0.25, 0.3) is 0 Å². The Bertz CT molecular complexity index is 1080. The summed E-state index contributed by atoms with van der Waals surface area (Å²) in [5, 5.41) is 5.26. The predicted molar refractivity (Wildman–Crippen MR) is 124 cm³/mol. The summed E-state index contributed by atoms with van der Waals surface area (Å²) in [7, 11) is 0. The second-order valence-corrected chi connectivity index (χ2v) is 9.11. The maximum atomic E-state index is 12.8. The molecule has 2 aliphatic heterocycles. The average Bonchev–Trinajstić information content (AvgIpc) is 3.16. The highest BCUT2D eigenvalue weighted by Crippen LogP contribution is 2.36. The first kappa shape index (κ1) is 22.2. The van der Waals surface area contributed by atoms with Gasteiger partial charge in [0, 0.05) is 28.8 Å². The summed E-state index contributed by atoms with van der Waals surface area (Å²) >= 11 is 3.41. The molecule has 2 heterocycles. The van der Waals surface area contributed by atoms with Gasteiger partial charge in [-0.1, -0.05) is 41.1 Å². The first-order valence-corrected chi connectivity index (χ1v) is 11.5. The van der Waals surface area contributed by atoms with Crippen LogP contribution in [0.25, 0.3) is 0 Å². The van der Waals surface area contributed by atoms with E-state index in [0.717, 1.165) is 15.7 Å². The van der Waals surface area contributed by atoms with Gasteiger partial charge in [0.1, 0.15) is 5.92 Å². The molecule has 8 heteroatoms. The van der Waals surface area contributed by atoms with Crippen LogP contribution in [0.15, 0.2) is 53.0 Å². The normalized spacial score (nSPS) is 23.2. The Balaban J connectivity index is 1.45. The van der Waals surface area contributed by atoms with Gasteiger partial charge in [-0.3, -0.25) is 24.5 Å². The monoisotopic (exact) mass is 497 g/mol. The van der Waals surface area contributed by atoms with E-state index < -0.39 is 11.3 Å². The third-order valence-corrected chi connectivity index (χ3v) is 6.91. The van der Waals surface area contributed by atoms with Crippen LogP contribution in [0.2, 0.25) is 0 Å². The van der Waals surface area contributed by atoms with Crippen LogP contribution >= 0.6 is 15.9 Å². The smallest absolute Gasteiger partial charge is 0.239 e. The van der Waals surface area contributed by atoms with E-state index in [1.807, 2.05) is 31.2 Å². The van der Waals surface area contributed by atoms with Crippen LogP contribution in [0.1, 0.15) is 38.2 Å². The molecular weight excluding hydrogens is 474 g/mol. The molecule has 2 atom stereocenters. The number of imide groups is 1. The summed E-state index contributed by atoms with van der Waals surface area (Å²) in [5.41, 5.74) is 1.38. The Labute approximate surface area is 194 Å². The van der Waals surface area contributed by atoms with E-state index in [-0.39, 0.29) is 23.6 Å². The number of piperidine rings is 1. The molecule has 32 heavy (non-hydrogen) atoms. The van der Waals surface area contributed by atoms with Gasteiger partial charge >= 0.3 is 0 Å². The van der Waals surface area contributed by atoms with Crippen molar-refractivity contribution in [3.05, 3.63) is 58.6 Å². The second-order valence-electron chi connectivity index (χ2n) is 8.19. The number of nitrogens with one attached hydrogen (secondary N) is 2. The molecule has 2 fully saturated rings. The summed E-state index contributed by atoms with van der Waals surface area (Å²) in [5.74, 6) is -1.83. The van der Waals surface area contributed by atoms with Gasteiger partial charge in [0.2, 0.25) is 23.6 Å². The molecule has 2 saturated heterocycles. The summed E-state index contributed by atoms with van der Waals surface area (Å²) in [6.45, 7) is 2.41. The van der Waals surface area contributed by atoms with Crippen LogP contribution in [-0.2, 0) is 24.6 Å². The second kappa shape index (κ2) is 8.86. The number of benzene rings is 2. The number of halogens is 1. The van der Waals surface area contributed by atoms with Crippen molar-refractivity contribution in [1.82, 2.24) is 5.32 Å². The summed E-state index contributed by atoms with van der Waals surface area (Å²) in [6.07, 6.45) is 1.78. The molecule has 166 valence electrons. The lowest BCUT2D eigenvalue weighted by molar-refractivity contribution is -0.138. The van der Waals surface area contributed by atoms with Crippen LogP contribution in [0.5, 0.6) is 0 Å². The summed E-state index contributed by atoms with van der Waals surface area (Å²) < 4.78 is 0.872. The average molecular weight is 498 g/mol. The molecule has 7 nitrogen and oxygen atoms in total. The van der Waals surface area contributed by atoms with Crippen molar-refractivity contribution in [2.75, 3.05) is 16.8 Å². The minimum Gasteiger partial charge on any atom is -0.325 e. The minimum atomic E-state index is -0.748. The van der Waals surface area contributed by atoms with Crippen LogP contribution < -0.4 is 15.5 Å². The Morgan fingerprint density at radius 3 is 2.59 bits per heavy atom. The number of amides is 4. The maximum Gasteiger partial charge on any atom is 0.239 e. The molecule has 2 aromatic rings. The Morgan fingerprint density at radius 2 is 1.94 bits per heavy atom. The van der Waals surface area contributed by atoms with Crippen molar-refractivity contribution in [3.63, 3.8) is 0 Å². The van der Waals surface area contributed by atoms with Crippen LogP contribution in [0, 0.1) is 5.92 Å². The zero-order chi connectivity index (χ0) is 22.9. The third-order valence-electron chi connectivity index (χ3n) is 6.42. The van der Waals surface area contributed by atoms with Crippen LogP contribution in [0.4, 0.5) is 11.4 Å². The third kappa shape index (κ3) is 4.07. The highest BCUT2D eigenvalue weighted by Gasteiger charge is 2.42. The van der Waals surface area contributed by atoms with Crippen LogP contribution in [-0.4, -0.2) is 30.2 Å². The summed E-state index contributed by atoms with van der Waals surface area (Å²) in [6, 6.07) is 14.5. The van der Waals surface area contributed by atoms with Crippen molar-refractivity contribution in [3.8, 4) is 0 Å². The molecule has 2 aromatic carbocycles. The number of hydrogen-bond donors (Lipinski definition) is 2. The van der Waals surface area contributed by atoms with Gasteiger partial charge in [-0.15, -0.1) is 0 Å². The fourth-order valence-corrected chi connectivity index (χ4v) is 4.88. The quantitative estimate of drug-likeness (QED) is 0.487. The Kier molecular flexibility index (Phi) is 6.15. The van der Waals surface area contributed by atoms with E-state index in [1.165, 1.54) is 0 Å². The van der Waals surface area contributed by atoms with Gasteiger partial charge in [-0.05, 0) is 55.2 Å². The van der Waals surface area contributed by atoms with E-state index >= 15 is 0 Å². The van der Waals surface area contributed by atoms with E-state index in [4.69, 9.17) is 0 Å². The Hall–Kier alpha value is -3.00. The lowest BCUT2D eigenvalue weighted by Crippen LogP contribution is -2.51. The van der Waals surface area contributed by atoms with Crippen molar-refractivity contribution < 1.29 is 19.2 Å². The molecule has 2 N–H and O–H groups in total. The highest BCUT2D eigenvalue weighted by atomic mass is 79.9. The van der Waals surface area contributed by atoms with Crippen molar-refractivity contribution in [1.29, 1.82) is 0 Å². The topological polar surface area (TPSA) is 95.6 Å². The molecule has 0 radical (unpaired) electrons. The van der Waals surface area contributed by atoms with Gasteiger partial charge in [0.05, 0.1) is 5.41 Å². The lowest BCUT2D eigenvalue weighted by atomic mass is 9.72. The van der Waals surface area contributed by atoms with E-state index in [0.29, 0.717) is 37.9 Å². The number of nitrogens with zero attached hydrogens (tertiary/aromatic N) is 1. The molecule has 0 aliphatic carbocycles. The number of rotatable bonds is 5. The van der Waals surface area contributed by atoms with Gasteiger partial charge in [0.15, 0.2) is 0 Å². The lowest BCUT2D eigenvalue weighted by Gasteiger charge is -2.35. The number of hydrogen-bond acceptors (Lipinski definition) is 4. The molecule has 4 amide bonds. The summed E-state index contributed by atoms with van der Waals surface area (Å²) in [4.78, 5) is 51.4. The SMILES string of the molecule is CCC1(c2ccc(NC(=O)C3CCN(c4cccc(Br)c4)C3=O)cc2)CCC(=O)NC1=O. The zero-order valence-electron chi connectivity index (χ0n) is 17.7. The van der Waals surface area contributed by atoms with E-state index in [2.05, 4.69) is 26.6 Å². The molecule has 0 aromatic heterocycles. The van der Waals surface area contributed by atoms with Crippen LogP contribution in [0.3, 0.4) is 0 Å². The fraction of sp³-hybridized carbons (Fsp3) is 0.333. The minimum absolute atomic E-state index is 0.217. The number of carbonyl (C=O) groups is 4. The largest absolute Gasteiger partial charge is 0.325 e. The first-order chi connectivity index (χ1) is 15.3. The number of carbonyl (C=O) groups excluding carboxylic acids is 4. The molecule has 0 bridgehead atoms. The standard InChI is InChI=1S/C24H24BrN3O4/c1-2-24(12-10-20(29)27-23(24)32)15-6-8-17(9-7-15)26-21(30)19-11-13-28(22(19)31)18-5-3-4-16(25)14-18/h3-9,14,19H,2,10-13H2,1H3,(H,26,30)(H,27,29,32).